The first-order valence-corrected chi connectivity index (χ1v) is 3.78. The molecule has 0 aliphatic heterocycles. The van der Waals surface area contributed by atoms with E-state index in [0.717, 1.165) is 12.8 Å². The second-order valence-electron chi connectivity index (χ2n) is 2.59. The van der Waals surface area contributed by atoms with Crippen molar-refractivity contribution in [3.8, 4) is 0 Å². The van der Waals surface area contributed by atoms with E-state index >= 15 is 0 Å². The van der Waals surface area contributed by atoms with Gasteiger partial charge in [-0.05, 0) is 26.2 Å². The fourth-order valence-corrected chi connectivity index (χ4v) is 0.841. The number of hydrogen-bond donors (Lipinski definition) is 2. The Kier molecular flexibility index (Phi) is 5.64. The van der Waals surface area contributed by atoms with Crippen LogP contribution in [0.1, 0.15) is 32.6 Å². The van der Waals surface area contributed by atoms with E-state index in [1.54, 1.807) is 0 Å². The van der Waals surface area contributed by atoms with Crippen LogP contribution in [0.5, 0.6) is 0 Å². The Morgan fingerprint density at radius 2 is 1.80 bits per heavy atom. The van der Waals surface area contributed by atoms with Crippen LogP contribution in [0.15, 0.2) is 0 Å². The minimum atomic E-state index is -0.772. The van der Waals surface area contributed by atoms with Crippen LogP contribution in [-0.2, 0) is 0 Å². The van der Waals surface area contributed by atoms with Gasteiger partial charge < -0.3 is 10.2 Å². The minimum Gasteiger partial charge on any atom is -0.393 e. The topological polar surface area (TPSA) is 40.5 Å². The highest BCUT2D eigenvalue weighted by Gasteiger charge is 2.03. The molecule has 2 heteroatoms. The highest BCUT2D eigenvalue weighted by atomic mass is 16.3. The maximum Gasteiger partial charge on any atom is 0.0576 e. The summed E-state index contributed by atoms with van der Waals surface area (Å²) in [6.07, 6.45) is 1.80. The Labute approximate surface area is 62.9 Å². The molecule has 2 nitrogen and oxygen atoms in total. The maximum absolute atomic E-state index is 9.13. The molecule has 2 radical (unpaired) electrons. The van der Waals surface area contributed by atoms with E-state index in [9.17, 15) is 0 Å². The fraction of sp³-hybridized carbons (Fsp3) is 0.875. The van der Waals surface area contributed by atoms with Gasteiger partial charge in [0.05, 0.1) is 12.2 Å². The van der Waals surface area contributed by atoms with Crippen molar-refractivity contribution in [1.29, 1.82) is 0 Å². The van der Waals surface area contributed by atoms with Gasteiger partial charge in [0.1, 0.15) is 0 Å². The predicted molar refractivity (Wildman–Crippen MR) is 40.5 cm³/mol. The maximum atomic E-state index is 9.13. The van der Waals surface area contributed by atoms with Crippen molar-refractivity contribution in [2.45, 2.75) is 44.8 Å². The molecular formula is C8H16O2. The molecule has 0 aliphatic carbocycles. The molecule has 0 aromatic heterocycles. The molecule has 0 saturated carbocycles. The van der Waals surface area contributed by atoms with Crippen LogP contribution in [0.4, 0.5) is 0 Å². The SMILES string of the molecule is [CH]C(O)CCC(O)CCC. The summed E-state index contributed by atoms with van der Waals surface area (Å²) in [6, 6.07) is 0. The van der Waals surface area contributed by atoms with Gasteiger partial charge in [-0.3, -0.25) is 0 Å². The molecule has 0 spiro atoms. The molecule has 0 rings (SSSR count). The zero-order valence-electron chi connectivity index (χ0n) is 6.45. The molecule has 0 aromatic carbocycles. The molecule has 2 N–H and O–H groups in total. The molecule has 10 heavy (non-hydrogen) atoms. The molecule has 0 fully saturated rings. The molecule has 0 aromatic rings. The van der Waals surface area contributed by atoms with Crippen molar-refractivity contribution in [3.63, 3.8) is 0 Å². The summed E-state index contributed by atoms with van der Waals surface area (Å²) in [4.78, 5) is 0. The van der Waals surface area contributed by atoms with Crippen LogP contribution >= 0.6 is 0 Å². The molecule has 0 heterocycles. The summed E-state index contributed by atoms with van der Waals surface area (Å²) in [5, 5.41) is 17.8. The third kappa shape index (κ3) is 6.05. The van der Waals surface area contributed by atoms with Gasteiger partial charge in [-0.15, -0.1) is 0 Å². The molecule has 0 amide bonds. The van der Waals surface area contributed by atoms with E-state index in [1.807, 2.05) is 6.92 Å². The quantitative estimate of drug-likeness (QED) is 0.604. The van der Waals surface area contributed by atoms with Gasteiger partial charge in [-0.1, -0.05) is 13.3 Å². The minimum absolute atomic E-state index is 0.289. The molecule has 2 unspecified atom stereocenters. The third-order valence-corrected chi connectivity index (χ3v) is 1.42. The van der Waals surface area contributed by atoms with Crippen LogP contribution in [0.25, 0.3) is 0 Å². The first-order valence-electron chi connectivity index (χ1n) is 3.78. The molecule has 0 bridgehead atoms. The molecule has 2 atom stereocenters. The largest absolute Gasteiger partial charge is 0.393 e. The van der Waals surface area contributed by atoms with Crippen molar-refractivity contribution in [1.82, 2.24) is 0 Å². The lowest BCUT2D eigenvalue weighted by Gasteiger charge is -2.09. The zero-order valence-corrected chi connectivity index (χ0v) is 6.45. The van der Waals surface area contributed by atoms with E-state index in [1.165, 1.54) is 0 Å². The van der Waals surface area contributed by atoms with E-state index in [-0.39, 0.29) is 6.10 Å². The number of aliphatic hydroxyl groups excluding tert-OH is 2. The van der Waals surface area contributed by atoms with E-state index < -0.39 is 6.10 Å². The summed E-state index contributed by atoms with van der Waals surface area (Å²) in [6.45, 7) is 7.10. The first kappa shape index (κ1) is 9.92. The molecular weight excluding hydrogens is 128 g/mol. The second kappa shape index (κ2) is 5.69. The van der Waals surface area contributed by atoms with Crippen LogP contribution < -0.4 is 0 Å². The Balaban J connectivity index is 3.12. The lowest BCUT2D eigenvalue weighted by atomic mass is 10.1. The van der Waals surface area contributed by atoms with Crippen molar-refractivity contribution < 1.29 is 10.2 Å². The van der Waals surface area contributed by atoms with Crippen molar-refractivity contribution in [2.24, 2.45) is 0 Å². The zero-order chi connectivity index (χ0) is 7.98. The van der Waals surface area contributed by atoms with Gasteiger partial charge in [0.15, 0.2) is 0 Å². The average Bonchev–Trinajstić information content (AvgIpc) is 1.85. The highest BCUT2D eigenvalue weighted by Crippen LogP contribution is 2.05. The van der Waals surface area contributed by atoms with Gasteiger partial charge in [0, 0.05) is 0 Å². The standard InChI is InChI=1S/C8H16O2/c1-3-4-8(10)6-5-7(2)9/h2,7-10H,3-6H2,1H3. The lowest BCUT2D eigenvalue weighted by molar-refractivity contribution is 0.124. The van der Waals surface area contributed by atoms with E-state index in [0.29, 0.717) is 12.8 Å². The fourth-order valence-electron chi connectivity index (χ4n) is 0.841. The van der Waals surface area contributed by atoms with Crippen LogP contribution in [0.2, 0.25) is 0 Å². The highest BCUT2D eigenvalue weighted by molar-refractivity contribution is 4.61. The number of rotatable bonds is 5. The van der Waals surface area contributed by atoms with Gasteiger partial charge >= 0.3 is 0 Å². The Bertz CT molecular complexity index is 71.7. The molecule has 60 valence electrons. The van der Waals surface area contributed by atoms with Crippen molar-refractivity contribution in [2.75, 3.05) is 0 Å². The molecule has 0 aliphatic rings. The monoisotopic (exact) mass is 144 g/mol. The number of hydrogen-bond acceptors (Lipinski definition) is 2. The summed E-state index contributed by atoms with van der Waals surface area (Å²) in [5.74, 6) is 0. The van der Waals surface area contributed by atoms with Crippen LogP contribution in [-0.4, -0.2) is 22.4 Å². The summed E-state index contributed by atoms with van der Waals surface area (Å²) < 4.78 is 0. The van der Waals surface area contributed by atoms with Gasteiger partial charge in [0.2, 0.25) is 0 Å². The van der Waals surface area contributed by atoms with Crippen molar-refractivity contribution >= 4 is 0 Å². The summed E-state index contributed by atoms with van der Waals surface area (Å²) in [5.41, 5.74) is 0. The first-order chi connectivity index (χ1) is 4.66. The third-order valence-electron chi connectivity index (χ3n) is 1.42. The average molecular weight is 144 g/mol. The van der Waals surface area contributed by atoms with Gasteiger partial charge in [-0.2, -0.15) is 0 Å². The van der Waals surface area contributed by atoms with Gasteiger partial charge in [-0.25, -0.2) is 0 Å². The van der Waals surface area contributed by atoms with Gasteiger partial charge in [0.25, 0.3) is 0 Å². The normalized spacial score (nSPS) is 16.8. The molecule has 0 saturated heterocycles. The van der Waals surface area contributed by atoms with E-state index in [4.69, 9.17) is 17.1 Å². The Hall–Kier alpha value is -0.0800. The second-order valence-corrected chi connectivity index (χ2v) is 2.59. The number of aliphatic hydroxyl groups is 2. The predicted octanol–water partition coefficient (Wildman–Crippen LogP) is 1.000. The van der Waals surface area contributed by atoms with Crippen molar-refractivity contribution in [3.05, 3.63) is 6.92 Å². The Morgan fingerprint density at radius 1 is 1.20 bits per heavy atom. The Morgan fingerprint density at radius 3 is 2.20 bits per heavy atom. The smallest absolute Gasteiger partial charge is 0.0576 e. The summed E-state index contributed by atoms with van der Waals surface area (Å²) >= 11 is 0. The van der Waals surface area contributed by atoms with E-state index in [2.05, 4.69) is 0 Å². The van der Waals surface area contributed by atoms with Crippen LogP contribution in [0, 0.1) is 6.92 Å². The van der Waals surface area contributed by atoms with Crippen LogP contribution in [0.3, 0.4) is 0 Å². The summed E-state index contributed by atoms with van der Waals surface area (Å²) in [7, 11) is 0. The lowest BCUT2D eigenvalue weighted by Crippen LogP contribution is -2.10.